The third kappa shape index (κ3) is 1.49. The van der Waals surface area contributed by atoms with Gasteiger partial charge in [-0.2, -0.15) is 13.2 Å². The van der Waals surface area contributed by atoms with E-state index in [2.05, 4.69) is 15.0 Å². The van der Waals surface area contributed by atoms with Gasteiger partial charge in [-0.25, -0.2) is 9.97 Å². The highest BCUT2D eigenvalue weighted by Gasteiger charge is 2.56. The van der Waals surface area contributed by atoms with E-state index in [-0.39, 0.29) is 18.5 Å². The predicted octanol–water partition coefficient (Wildman–Crippen LogP) is 1.75. The van der Waals surface area contributed by atoms with E-state index in [4.69, 9.17) is 0 Å². The third-order valence-electron chi connectivity index (χ3n) is 2.53. The Balaban J connectivity index is 2.50. The van der Waals surface area contributed by atoms with Gasteiger partial charge in [0.15, 0.2) is 0 Å². The second-order valence-electron chi connectivity index (χ2n) is 3.38. The fourth-order valence-corrected chi connectivity index (χ4v) is 1.65. The van der Waals surface area contributed by atoms with Gasteiger partial charge in [-0.05, 0) is 6.42 Å². The zero-order valence-electron chi connectivity index (χ0n) is 7.70. The maximum Gasteiger partial charge on any atom is 0.403 e. The van der Waals surface area contributed by atoms with Gasteiger partial charge in [-0.3, -0.25) is 4.99 Å². The van der Waals surface area contributed by atoms with Crippen LogP contribution in [0.1, 0.15) is 12.0 Å². The zero-order valence-corrected chi connectivity index (χ0v) is 7.70. The molecule has 6 heteroatoms. The smallest absolute Gasteiger partial charge is 0.296 e. The number of hydrogen-bond acceptors (Lipinski definition) is 3. The molecule has 3 nitrogen and oxygen atoms in total. The van der Waals surface area contributed by atoms with Gasteiger partial charge in [0.1, 0.15) is 11.7 Å². The van der Waals surface area contributed by atoms with Gasteiger partial charge in [0.2, 0.25) is 0 Å². The molecule has 1 aromatic rings. The first-order chi connectivity index (χ1) is 7.06. The van der Waals surface area contributed by atoms with Crippen LogP contribution in [0.2, 0.25) is 0 Å². The molecule has 2 heterocycles. The van der Waals surface area contributed by atoms with Gasteiger partial charge >= 0.3 is 6.18 Å². The number of rotatable bonds is 1. The van der Waals surface area contributed by atoms with E-state index >= 15 is 0 Å². The number of aromatic nitrogens is 2. The molecule has 0 aliphatic carbocycles. The Morgan fingerprint density at radius 1 is 1.20 bits per heavy atom. The van der Waals surface area contributed by atoms with Crippen molar-refractivity contribution in [1.82, 2.24) is 9.97 Å². The van der Waals surface area contributed by atoms with Gasteiger partial charge in [0, 0.05) is 30.7 Å². The van der Waals surface area contributed by atoms with Gasteiger partial charge in [0.25, 0.3) is 0 Å². The van der Waals surface area contributed by atoms with E-state index in [1.54, 1.807) is 0 Å². The molecule has 0 bridgehead atoms. The molecule has 0 saturated heterocycles. The van der Waals surface area contributed by atoms with Crippen LogP contribution in [0.4, 0.5) is 13.2 Å². The zero-order chi connectivity index (χ0) is 10.9. The van der Waals surface area contributed by atoms with Crippen LogP contribution < -0.4 is 0 Å². The van der Waals surface area contributed by atoms with Crippen molar-refractivity contribution in [2.75, 3.05) is 6.54 Å². The van der Waals surface area contributed by atoms with Crippen molar-refractivity contribution in [2.45, 2.75) is 18.0 Å². The minimum absolute atomic E-state index is 0.0544. The fraction of sp³-hybridized carbons (Fsp3) is 0.444. The summed E-state index contributed by atoms with van der Waals surface area (Å²) in [4.78, 5) is 10.9. The summed E-state index contributed by atoms with van der Waals surface area (Å²) in [7, 11) is 0. The maximum absolute atomic E-state index is 13.0. The molecule has 0 saturated carbocycles. The molecular weight excluding hydrogens is 207 g/mol. The molecule has 1 unspecified atom stereocenters. The highest BCUT2D eigenvalue weighted by molar-refractivity contribution is 5.76. The second-order valence-corrected chi connectivity index (χ2v) is 3.38. The van der Waals surface area contributed by atoms with Crippen LogP contribution in [-0.4, -0.2) is 28.9 Å². The molecule has 0 aromatic carbocycles. The van der Waals surface area contributed by atoms with Crippen LogP contribution in [0.3, 0.4) is 0 Å². The minimum Gasteiger partial charge on any atom is -0.296 e. The van der Waals surface area contributed by atoms with Crippen molar-refractivity contribution in [3.05, 3.63) is 24.3 Å². The minimum atomic E-state index is -4.35. The van der Waals surface area contributed by atoms with Crippen LogP contribution in [0, 0.1) is 0 Å². The Hall–Kier alpha value is -1.46. The highest BCUT2D eigenvalue weighted by atomic mass is 19.4. The SMILES string of the molecule is FC(F)(F)C1(c2cncnc2)C=NCC1. The van der Waals surface area contributed by atoms with Crippen LogP contribution in [-0.2, 0) is 5.41 Å². The molecule has 15 heavy (non-hydrogen) atoms. The van der Waals surface area contributed by atoms with Crippen LogP contribution in [0.15, 0.2) is 23.7 Å². The average molecular weight is 215 g/mol. The van der Waals surface area contributed by atoms with E-state index in [0.29, 0.717) is 0 Å². The molecule has 1 aromatic heterocycles. The molecule has 2 rings (SSSR count). The van der Waals surface area contributed by atoms with Crippen molar-refractivity contribution in [1.29, 1.82) is 0 Å². The lowest BCUT2D eigenvalue weighted by Crippen LogP contribution is -2.42. The molecule has 0 radical (unpaired) electrons. The Morgan fingerprint density at radius 3 is 2.33 bits per heavy atom. The summed E-state index contributed by atoms with van der Waals surface area (Å²) in [6, 6.07) is 0. The number of alkyl halides is 3. The summed E-state index contributed by atoms with van der Waals surface area (Å²) < 4.78 is 38.9. The second kappa shape index (κ2) is 3.29. The van der Waals surface area contributed by atoms with E-state index in [1.807, 2.05) is 0 Å². The summed E-state index contributed by atoms with van der Waals surface area (Å²) >= 11 is 0. The number of halogens is 3. The fourth-order valence-electron chi connectivity index (χ4n) is 1.65. The Morgan fingerprint density at radius 2 is 1.87 bits per heavy atom. The highest BCUT2D eigenvalue weighted by Crippen LogP contribution is 2.44. The summed E-state index contributed by atoms with van der Waals surface area (Å²) in [6.07, 6.45) is 0.141. The van der Waals surface area contributed by atoms with Gasteiger partial charge < -0.3 is 0 Å². The van der Waals surface area contributed by atoms with Crippen molar-refractivity contribution in [3.63, 3.8) is 0 Å². The first-order valence-electron chi connectivity index (χ1n) is 4.39. The normalized spacial score (nSPS) is 25.8. The first kappa shape index (κ1) is 10.1. The monoisotopic (exact) mass is 215 g/mol. The molecular formula is C9H8F3N3. The quantitative estimate of drug-likeness (QED) is 0.715. The van der Waals surface area contributed by atoms with Gasteiger partial charge in [0.05, 0.1) is 0 Å². The summed E-state index contributed by atoms with van der Waals surface area (Å²) in [5, 5.41) is 0. The Kier molecular flexibility index (Phi) is 2.21. The van der Waals surface area contributed by atoms with E-state index in [0.717, 1.165) is 6.21 Å². The number of nitrogens with zero attached hydrogens (tertiary/aromatic N) is 3. The van der Waals surface area contributed by atoms with E-state index < -0.39 is 11.6 Å². The molecule has 0 spiro atoms. The van der Waals surface area contributed by atoms with Gasteiger partial charge in [-0.1, -0.05) is 0 Å². The molecule has 0 amide bonds. The molecule has 1 aliphatic rings. The van der Waals surface area contributed by atoms with Crippen molar-refractivity contribution in [2.24, 2.45) is 4.99 Å². The molecule has 1 aliphatic heterocycles. The average Bonchev–Trinajstić information content (AvgIpc) is 2.68. The molecule has 0 fully saturated rings. The number of hydrogen-bond donors (Lipinski definition) is 0. The maximum atomic E-state index is 13.0. The van der Waals surface area contributed by atoms with Gasteiger partial charge in [-0.15, -0.1) is 0 Å². The topological polar surface area (TPSA) is 38.1 Å². The first-order valence-corrected chi connectivity index (χ1v) is 4.39. The van der Waals surface area contributed by atoms with Crippen molar-refractivity contribution < 1.29 is 13.2 Å². The third-order valence-corrected chi connectivity index (χ3v) is 2.53. The summed E-state index contributed by atoms with van der Waals surface area (Å²) in [5.41, 5.74) is -1.94. The molecule has 0 N–H and O–H groups in total. The predicted molar refractivity (Wildman–Crippen MR) is 47.7 cm³/mol. The number of aliphatic imine (C=N–C) groups is 1. The lowest BCUT2D eigenvalue weighted by Gasteiger charge is -2.28. The van der Waals surface area contributed by atoms with E-state index in [9.17, 15) is 13.2 Å². The lowest BCUT2D eigenvalue weighted by molar-refractivity contribution is -0.167. The van der Waals surface area contributed by atoms with Crippen molar-refractivity contribution >= 4 is 6.21 Å². The molecule has 80 valence electrons. The molecule has 1 atom stereocenters. The summed E-state index contributed by atoms with van der Waals surface area (Å²) in [6.45, 7) is 0.189. The van der Waals surface area contributed by atoms with Crippen LogP contribution in [0.25, 0.3) is 0 Å². The summed E-state index contributed by atoms with van der Waals surface area (Å²) in [5.74, 6) is 0. The Labute approximate surface area is 84.1 Å². The largest absolute Gasteiger partial charge is 0.403 e. The van der Waals surface area contributed by atoms with Crippen molar-refractivity contribution in [3.8, 4) is 0 Å². The van der Waals surface area contributed by atoms with E-state index in [1.165, 1.54) is 18.7 Å². The lowest BCUT2D eigenvalue weighted by atomic mass is 9.81. The van der Waals surface area contributed by atoms with Crippen LogP contribution >= 0.6 is 0 Å². The Bertz CT molecular complexity index is 374. The van der Waals surface area contributed by atoms with Crippen LogP contribution in [0.5, 0.6) is 0 Å². The standard InChI is InChI=1S/C9H8F3N3/c10-9(11,12)8(1-2-13-5-8)7-3-14-6-15-4-7/h3-6H,1-2H2.